The summed E-state index contributed by atoms with van der Waals surface area (Å²) in [6.07, 6.45) is 4.01. The SMILES string of the molecule is Cc1ccc(S(=O)(=O)N(C)CC(=O)N(Cc2cccc(Cl)c2)[C@H](C)C(=O)NC2CCCC2)cc1. The minimum Gasteiger partial charge on any atom is -0.352 e. The van der Waals surface area contributed by atoms with Crippen LogP contribution in [-0.2, 0) is 26.2 Å². The first-order chi connectivity index (χ1) is 16.1. The summed E-state index contributed by atoms with van der Waals surface area (Å²) in [6, 6.07) is 12.9. The van der Waals surface area contributed by atoms with Gasteiger partial charge in [-0.1, -0.05) is 54.3 Å². The Morgan fingerprint density at radius 3 is 2.38 bits per heavy atom. The van der Waals surface area contributed by atoms with E-state index >= 15 is 0 Å². The summed E-state index contributed by atoms with van der Waals surface area (Å²) in [7, 11) is -2.50. The van der Waals surface area contributed by atoms with E-state index in [1.54, 1.807) is 37.3 Å². The van der Waals surface area contributed by atoms with Gasteiger partial charge in [0.05, 0.1) is 11.4 Å². The summed E-state index contributed by atoms with van der Waals surface area (Å²) in [5.74, 6) is -0.710. The third-order valence-corrected chi connectivity index (χ3v) is 8.25. The molecule has 2 aromatic rings. The van der Waals surface area contributed by atoms with Crippen LogP contribution in [0.3, 0.4) is 0 Å². The summed E-state index contributed by atoms with van der Waals surface area (Å²) in [5, 5.41) is 3.56. The number of hydrogen-bond donors (Lipinski definition) is 1. The van der Waals surface area contributed by atoms with Gasteiger partial charge in [-0.15, -0.1) is 0 Å². The molecule has 0 saturated heterocycles. The number of rotatable bonds is 9. The molecule has 1 fully saturated rings. The molecule has 1 atom stereocenters. The summed E-state index contributed by atoms with van der Waals surface area (Å²) >= 11 is 6.12. The zero-order valence-electron chi connectivity index (χ0n) is 19.8. The molecule has 7 nitrogen and oxygen atoms in total. The van der Waals surface area contributed by atoms with E-state index < -0.39 is 28.5 Å². The van der Waals surface area contributed by atoms with E-state index in [0.29, 0.717) is 5.02 Å². The van der Waals surface area contributed by atoms with Crippen molar-refractivity contribution in [3.05, 3.63) is 64.7 Å². The molecule has 0 spiro atoms. The first kappa shape index (κ1) is 26.2. The smallest absolute Gasteiger partial charge is 0.243 e. The fourth-order valence-electron chi connectivity index (χ4n) is 4.06. The van der Waals surface area contributed by atoms with E-state index in [9.17, 15) is 18.0 Å². The van der Waals surface area contributed by atoms with Crippen LogP contribution in [-0.4, -0.2) is 55.1 Å². The molecule has 0 aromatic heterocycles. The fourth-order valence-corrected chi connectivity index (χ4v) is 5.40. The van der Waals surface area contributed by atoms with Crippen molar-refractivity contribution < 1.29 is 18.0 Å². The van der Waals surface area contributed by atoms with Crippen LogP contribution in [0.4, 0.5) is 0 Å². The van der Waals surface area contributed by atoms with Crippen molar-refractivity contribution in [3.63, 3.8) is 0 Å². The molecule has 3 rings (SSSR count). The second kappa shape index (κ2) is 11.3. The Balaban J connectivity index is 1.79. The van der Waals surface area contributed by atoms with Crippen molar-refractivity contribution >= 4 is 33.4 Å². The van der Waals surface area contributed by atoms with E-state index in [0.717, 1.165) is 41.1 Å². The minimum absolute atomic E-state index is 0.113. The molecule has 1 N–H and O–H groups in total. The Morgan fingerprint density at radius 1 is 1.12 bits per heavy atom. The number of carbonyl (C=O) groups excluding carboxylic acids is 2. The number of benzene rings is 2. The van der Waals surface area contributed by atoms with E-state index in [1.165, 1.54) is 24.1 Å². The van der Waals surface area contributed by atoms with Crippen molar-refractivity contribution in [1.29, 1.82) is 0 Å². The van der Waals surface area contributed by atoms with Crippen LogP contribution in [0.15, 0.2) is 53.4 Å². The zero-order chi connectivity index (χ0) is 24.9. The number of aryl methyl sites for hydroxylation is 1. The van der Waals surface area contributed by atoms with E-state index in [-0.39, 0.29) is 23.4 Å². The van der Waals surface area contributed by atoms with E-state index in [1.807, 2.05) is 13.0 Å². The largest absolute Gasteiger partial charge is 0.352 e. The number of carbonyl (C=O) groups is 2. The van der Waals surface area contributed by atoms with Gasteiger partial charge >= 0.3 is 0 Å². The Kier molecular flexibility index (Phi) is 8.73. The number of halogens is 1. The molecule has 0 radical (unpaired) electrons. The molecular weight excluding hydrogens is 474 g/mol. The predicted octanol–water partition coefficient (Wildman–Crippen LogP) is 3.75. The standard InChI is InChI=1S/C25H32ClN3O4S/c1-18-11-13-23(14-12-18)34(32,33)28(3)17-24(30)29(16-20-7-6-8-21(26)15-20)19(2)25(31)27-22-9-4-5-10-22/h6-8,11-15,19,22H,4-5,9-10,16-17H2,1-3H3,(H,27,31)/t19-/m1/s1. The summed E-state index contributed by atoms with van der Waals surface area (Å²) in [6.45, 7) is 3.28. The number of likely N-dealkylation sites (N-methyl/N-ethyl adjacent to an activating group) is 1. The second-order valence-electron chi connectivity index (χ2n) is 8.89. The highest BCUT2D eigenvalue weighted by Gasteiger charge is 2.31. The fraction of sp³-hybridized carbons (Fsp3) is 0.440. The number of amides is 2. The molecule has 0 unspecified atom stereocenters. The lowest BCUT2D eigenvalue weighted by Gasteiger charge is -2.31. The third kappa shape index (κ3) is 6.58. The lowest BCUT2D eigenvalue weighted by Crippen LogP contribution is -2.52. The molecule has 0 heterocycles. The van der Waals surface area contributed by atoms with Gasteiger partial charge in [-0.05, 0) is 56.5 Å². The lowest BCUT2D eigenvalue weighted by molar-refractivity contribution is -0.140. The first-order valence-electron chi connectivity index (χ1n) is 11.4. The van der Waals surface area contributed by atoms with Gasteiger partial charge in [0.2, 0.25) is 21.8 Å². The zero-order valence-corrected chi connectivity index (χ0v) is 21.4. The molecule has 9 heteroatoms. The Hall–Kier alpha value is -2.42. The quantitative estimate of drug-likeness (QED) is 0.562. The molecule has 1 saturated carbocycles. The van der Waals surface area contributed by atoms with Gasteiger partial charge in [0.15, 0.2) is 0 Å². The number of hydrogen-bond acceptors (Lipinski definition) is 4. The van der Waals surface area contributed by atoms with Crippen molar-refractivity contribution in [3.8, 4) is 0 Å². The molecule has 0 aliphatic heterocycles. The van der Waals surface area contributed by atoms with E-state index in [2.05, 4.69) is 5.32 Å². The molecule has 1 aliphatic carbocycles. The van der Waals surface area contributed by atoms with Crippen molar-refractivity contribution in [2.24, 2.45) is 0 Å². The highest BCUT2D eigenvalue weighted by Crippen LogP contribution is 2.20. The molecule has 0 bridgehead atoms. The molecule has 34 heavy (non-hydrogen) atoms. The second-order valence-corrected chi connectivity index (χ2v) is 11.4. The Morgan fingerprint density at radius 2 is 1.76 bits per heavy atom. The number of nitrogens with one attached hydrogen (secondary N) is 1. The molecule has 1 aliphatic rings. The monoisotopic (exact) mass is 505 g/mol. The molecular formula is C25H32ClN3O4S. The molecule has 2 amide bonds. The predicted molar refractivity (Wildman–Crippen MR) is 133 cm³/mol. The first-order valence-corrected chi connectivity index (χ1v) is 13.3. The summed E-state index contributed by atoms with van der Waals surface area (Å²) in [5.41, 5.74) is 1.69. The van der Waals surface area contributed by atoms with Gasteiger partial charge in [0.1, 0.15) is 6.04 Å². The van der Waals surface area contributed by atoms with Crippen LogP contribution in [0.2, 0.25) is 5.02 Å². The van der Waals surface area contributed by atoms with Gasteiger partial charge in [0, 0.05) is 24.7 Å². The summed E-state index contributed by atoms with van der Waals surface area (Å²) < 4.78 is 27.0. The normalized spacial score (nSPS) is 15.3. The molecule has 2 aromatic carbocycles. The highest BCUT2D eigenvalue weighted by atomic mass is 35.5. The van der Waals surface area contributed by atoms with Crippen LogP contribution in [0.5, 0.6) is 0 Å². The van der Waals surface area contributed by atoms with Gasteiger partial charge in [-0.2, -0.15) is 4.31 Å². The van der Waals surface area contributed by atoms with Gasteiger partial charge in [-0.25, -0.2) is 8.42 Å². The number of nitrogens with zero attached hydrogens (tertiary/aromatic N) is 2. The van der Waals surface area contributed by atoms with E-state index in [4.69, 9.17) is 11.6 Å². The van der Waals surface area contributed by atoms with Gasteiger partial charge < -0.3 is 10.2 Å². The topological polar surface area (TPSA) is 86.8 Å². The van der Waals surface area contributed by atoms with Crippen LogP contribution in [0, 0.1) is 6.92 Å². The molecule has 184 valence electrons. The average Bonchev–Trinajstić information content (AvgIpc) is 3.30. The van der Waals surface area contributed by atoms with Crippen molar-refractivity contribution in [2.75, 3.05) is 13.6 Å². The number of sulfonamides is 1. The minimum atomic E-state index is -3.86. The Bertz CT molecular complexity index is 1120. The maximum absolute atomic E-state index is 13.4. The lowest BCUT2D eigenvalue weighted by atomic mass is 10.1. The van der Waals surface area contributed by atoms with Crippen molar-refractivity contribution in [1.82, 2.24) is 14.5 Å². The van der Waals surface area contributed by atoms with Crippen LogP contribution in [0.25, 0.3) is 0 Å². The third-order valence-electron chi connectivity index (χ3n) is 6.20. The highest BCUT2D eigenvalue weighted by molar-refractivity contribution is 7.89. The maximum Gasteiger partial charge on any atom is 0.243 e. The Labute approximate surface area is 207 Å². The van der Waals surface area contributed by atoms with Crippen LogP contribution in [0.1, 0.15) is 43.7 Å². The average molecular weight is 506 g/mol. The van der Waals surface area contributed by atoms with Crippen molar-refractivity contribution in [2.45, 2.75) is 63.1 Å². The summed E-state index contributed by atoms with van der Waals surface area (Å²) in [4.78, 5) is 27.9. The van der Waals surface area contributed by atoms with Crippen LogP contribution < -0.4 is 5.32 Å². The van der Waals surface area contributed by atoms with Gasteiger partial charge in [0.25, 0.3) is 0 Å². The van der Waals surface area contributed by atoms with Crippen LogP contribution >= 0.6 is 11.6 Å². The maximum atomic E-state index is 13.4. The van der Waals surface area contributed by atoms with Gasteiger partial charge in [-0.3, -0.25) is 9.59 Å².